The Morgan fingerprint density at radius 3 is 2.39 bits per heavy atom. The van der Waals surface area contributed by atoms with E-state index in [-0.39, 0.29) is 12.5 Å². The lowest BCUT2D eigenvalue weighted by atomic mass is 9.45. The molecule has 0 aromatic carbocycles. The Morgan fingerprint density at radius 2 is 1.69 bits per heavy atom. The largest absolute Gasteiger partial charge is 0.381 e. The van der Waals surface area contributed by atoms with Gasteiger partial charge in [0.1, 0.15) is 0 Å². The number of fused-ring (bicyclic) bond motifs is 5. The third-order valence-corrected chi connectivity index (χ3v) is 12.0. The van der Waals surface area contributed by atoms with E-state index in [9.17, 15) is 9.59 Å². The van der Waals surface area contributed by atoms with Crippen LogP contribution in [-0.2, 0) is 14.3 Å². The van der Waals surface area contributed by atoms with Crippen molar-refractivity contribution in [2.45, 2.75) is 97.1 Å². The number of carbonyl (C=O) groups is 2. The highest BCUT2D eigenvalue weighted by Gasteiger charge is 2.60. The van der Waals surface area contributed by atoms with Gasteiger partial charge in [-0.15, -0.1) is 0 Å². The smallest absolute Gasteiger partial charge is 0.242 e. The number of hydrogen-bond acceptors (Lipinski definition) is 4. The van der Waals surface area contributed by atoms with Crippen LogP contribution in [-0.4, -0.2) is 85.5 Å². The molecule has 1 saturated heterocycles. The molecule has 8 unspecified atom stereocenters. The summed E-state index contributed by atoms with van der Waals surface area (Å²) < 4.78 is 6.00. The maximum atomic E-state index is 12.8. The van der Waals surface area contributed by atoms with Crippen LogP contribution >= 0.6 is 0 Å². The molecule has 1 aliphatic heterocycles. The van der Waals surface area contributed by atoms with Crippen LogP contribution in [0.3, 0.4) is 0 Å². The third-order valence-electron chi connectivity index (χ3n) is 12.0. The first-order valence-corrected chi connectivity index (χ1v) is 15.1. The molecule has 5 rings (SSSR count). The monoisotopic (exact) mass is 501 g/mol. The van der Waals surface area contributed by atoms with Crippen LogP contribution in [0, 0.1) is 34.5 Å². The van der Waals surface area contributed by atoms with Gasteiger partial charge in [-0.3, -0.25) is 14.5 Å². The Balaban J connectivity index is 1.21. The third kappa shape index (κ3) is 4.52. The summed E-state index contributed by atoms with van der Waals surface area (Å²) in [4.78, 5) is 30.4. The Bertz CT molecular complexity index is 798. The van der Waals surface area contributed by atoms with Crippen molar-refractivity contribution in [3.63, 3.8) is 0 Å². The molecule has 0 radical (unpaired) electrons. The molecule has 6 heteroatoms. The van der Waals surface area contributed by atoms with Gasteiger partial charge in [0.15, 0.2) is 0 Å². The van der Waals surface area contributed by atoms with Gasteiger partial charge < -0.3 is 14.5 Å². The fourth-order valence-electron chi connectivity index (χ4n) is 10.0. The zero-order chi connectivity index (χ0) is 25.5. The summed E-state index contributed by atoms with van der Waals surface area (Å²) in [7, 11) is 1.94. The van der Waals surface area contributed by atoms with Crippen molar-refractivity contribution in [1.29, 1.82) is 0 Å². The average Bonchev–Trinajstić information content (AvgIpc) is 3.24. The van der Waals surface area contributed by atoms with Crippen molar-refractivity contribution in [3.05, 3.63) is 0 Å². The molecule has 5 fully saturated rings. The molecule has 0 aromatic rings. The lowest BCUT2D eigenvalue weighted by Crippen LogP contribution is -2.59. The molecule has 4 aliphatic carbocycles. The summed E-state index contributed by atoms with van der Waals surface area (Å²) >= 11 is 0. The summed E-state index contributed by atoms with van der Waals surface area (Å²) in [5, 5.41) is 0. The number of hydrogen-bond donors (Lipinski definition) is 0. The van der Waals surface area contributed by atoms with Crippen molar-refractivity contribution >= 4 is 12.3 Å². The molecule has 5 aliphatic rings. The second kappa shape index (κ2) is 10.6. The van der Waals surface area contributed by atoms with E-state index in [2.05, 4.69) is 18.7 Å². The van der Waals surface area contributed by atoms with Gasteiger partial charge >= 0.3 is 0 Å². The van der Waals surface area contributed by atoms with Crippen molar-refractivity contribution in [1.82, 2.24) is 14.7 Å². The molecule has 204 valence electrons. The minimum absolute atomic E-state index is 0.108. The van der Waals surface area contributed by atoms with Gasteiger partial charge in [-0.05, 0) is 98.7 Å². The molecule has 6 nitrogen and oxygen atoms in total. The predicted octanol–water partition coefficient (Wildman–Crippen LogP) is 4.43. The summed E-state index contributed by atoms with van der Waals surface area (Å²) in [5.41, 5.74) is 0.864. The van der Waals surface area contributed by atoms with Gasteiger partial charge in [0.25, 0.3) is 0 Å². The maximum Gasteiger partial charge on any atom is 0.242 e. The standard InChI is InChI=1S/C30H51N3O3/c1-5-14-31(21-34)20-28(35)33-17-15-32(16-18-33)23-8-6-22-7-9-24-25-10-11-27(36-4)29(25,2)13-12-26(24)30(22,3)19-23/h21-27H,5-20H2,1-4H3. The Morgan fingerprint density at radius 1 is 0.972 bits per heavy atom. The lowest BCUT2D eigenvalue weighted by Gasteiger charge is -2.62. The van der Waals surface area contributed by atoms with Gasteiger partial charge in [-0.25, -0.2) is 0 Å². The average molecular weight is 502 g/mol. The number of piperazine rings is 1. The SMILES string of the molecule is CCCN(C=O)CC(=O)N1CCN(C2CCC3CCC4C(CCC5(C)C(OC)CCC45)C3(C)C2)CC1. The van der Waals surface area contributed by atoms with Gasteiger partial charge in [-0.1, -0.05) is 20.8 Å². The highest BCUT2D eigenvalue weighted by Crippen LogP contribution is 2.66. The molecule has 36 heavy (non-hydrogen) atoms. The van der Waals surface area contributed by atoms with Crippen molar-refractivity contribution in [3.8, 4) is 0 Å². The fraction of sp³-hybridized carbons (Fsp3) is 0.933. The van der Waals surface area contributed by atoms with Crippen LogP contribution in [0.25, 0.3) is 0 Å². The fourth-order valence-corrected chi connectivity index (χ4v) is 10.0. The summed E-state index contributed by atoms with van der Waals surface area (Å²) in [6.07, 6.45) is 14.5. The zero-order valence-electron chi connectivity index (χ0n) is 23.4. The quantitative estimate of drug-likeness (QED) is 0.485. The van der Waals surface area contributed by atoms with Crippen molar-refractivity contribution in [2.75, 3.05) is 46.4 Å². The Kier molecular flexibility index (Phi) is 7.76. The van der Waals surface area contributed by atoms with Crippen LogP contribution in [0.15, 0.2) is 0 Å². The molecule has 4 saturated carbocycles. The predicted molar refractivity (Wildman–Crippen MR) is 142 cm³/mol. The number of ether oxygens (including phenoxy) is 1. The highest BCUT2D eigenvalue weighted by atomic mass is 16.5. The summed E-state index contributed by atoms with van der Waals surface area (Å²) in [5.74, 6) is 3.63. The van der Waals surface area contributed by atoms with Crippen LogP contribution in [0.4, 0.5) is 0 Å². The zero-order valence-corrected chi connectivity index (χ0v) is 23.4. The normalized spacial score (nSPS) is 42.8. The van der Waals surface area contributed by atoms with Gasteiger partial charge in [0.05, 0.1) is 12.6 Å². The van der Waals surface area contributed by atoms with Crippen molar-refractivity contribution < 1.29 is 14.3 Å². The van der Waals surface area contributed by atoms with Gasteiger partial charge in [-0.2, -0.15) is 0 Å². The molecule has 1 heterocycles. The number of rotatable bonds is 7. The molecular weight excluding hydrogens is 450 g/mol. The van der Waals surface area contributed by atoms with E-state index in [4.69, 9.17) is 4.74 Å². The molecule has 0 spiro atoms. The van der Waals surface area contributed by atoms with Crippen LogP contribution < -0.4 is 0 Å². The van der Waals surface area contributed by atoms with E-state index in [1.165, 1.54) is 57.8 Å². The molecule has 2 amide bonds. The maximum absolute atomic E-state index is 12.8. The van der Waals surface area contributed by atoms with E-state index in [1.54, 1.807) is 4.90 Å². The minimum Gasteiger partial charge on any atom is -0.381 e. The second-order valence-electron chi connectivity index (χ2n) is 13.4. The van der Waals surface area contributed by atoms with Crippen molar-refractivity contribution in [2.24, 2.45) is 34.5 Å². The number of carbonyl (C=O) groups excluding carboxylic acids is 2. The first-order chi connectivity index (χ1) is 17.3. The molecule has 0 bridgehead atoms. The number of methoxy groups -OCH3 is 1. The van der Waals surface area contributed by atoms with E-state index in [0.717, 1.165) is 62.7 Å². The van der Waals surface area contributed by atoms with Gasteiger partial charge in [0.2, 0.25) is 12.3 Å². The Labute approximate surface area is 219 Å². The Hall–Kier alpha value is -1.14. The first-order valence-electron chi connectivity index (χ1n) is 15.1. The molecule has 8 atom stereocenters. The highest BCUT2D eigenvalue weighted by molar-refractivity contribution is 5.80. The van der Waals surface area contributed by atoms with Crippen LogP contribution in [0.1, 0.15) is 85.0 Å². The van der Waals surface area contributed by atoms with Crippen LogP contribution in [0.2, 0.25) is 0 Å². The van der Waals surface area contributed by atoms with E-state index < -0.39 is 0 Å². The number of amides is 2. The molecule has 0 aromatic heterocycles. The topological polar surface area (TPSA) is 53.1 Å². The van der Waals surface area contributed by atoms with Crippen LogP contribution in [0.5, 0.6) is 0 Å². The van der Waals surface area contributed by atoms with E-state index in [0.29, 0.717) is 29.5 Å². The molecule has 0 N–H and O–H groups in total. The first kappa shape index (κ1) is 26.5. The lowest BCUT2D eigenvalue weighted by molar-refractivity contribution is -0.142. The van der Waals surface area contributed by atoms with Gasteiger partial charge in [0, 0.05) is 45.9 Å². The minimum atomic E-state index is 0.108. The second-order valence-corrected chi connectivity index (χ2v) is 13.4. The molecular formula is C30H51N3O3. The van der Waals surface area contributed by atoms with E-state index in [1.807, 2.05) is 18.9 Å². The van der Waals surface area contributed by atoms with E-state index >= 15 is 0 Å². The summed E-state index contributed by atoms with van der Waals surface area (Å²) in [6.45, 7) is 11.7. The number of nitrogens with zero attached hydrogens (tertiary/aromatic N) is 3. The summed E-state index contributed by atoms with van der Waals surface area (Å²) in [6, 6.07) is 0.664.